The molecule has 0 aliphatic carbocycles. The molecule has 0 radical (unpaired) electrons. The van der Waals surface area contributed by atoms with Crippen LogP contribution >= 0.6 is 0 Å². The molecule has 15 rings (SSSR count). The van der Waals surface area contributed by atoms with Gasteiger partial charge in [-0.3, -0.25) is 14.4 Å². The average molecular weight is 1320 g/mol. The predicted octanol–water partition coefficient (Wildman–Crippen LogP) is 11.6. The van der Waals surface area contributed by atoms with Crippen LogP contribution in [0.1, 0.15) is 117 Å². The molecule has 6 fully saturated rings. The lowest BCUT2D eigenvalue weighted by Crippen LogP contribution is -2.40. The third kappa shape index (κ3) is 13.0. The monoisotopic (exact) mass is 1320 g/mol. The van der Waals surface area contributed by atoms with E-state index in [4.69, 9.17) is 18.6 Å². The Bertz CT molecular complexity index is 4100. The van der Waals surface area contributed by atoms with Crippen LogP contribution in [0.5, 0.6) is 17.6 Å². The van der Waals surface area contributed by atoms with E-state index >= 15 is 0 Å². The maximum absolute atomic E-state index is 13.6. The number of halogens is 9. The minimum Gasteiger partial charge on any atom is -0.472 e. The molecule has 492 valence electrons. The average Bonchev–Trinajstić information content (AvgIpc) is 1.63. The van der Waals surface area contributed by atoms with Crippen molar-refractivity contribution in [2.75, 3.05) is 0 Å². The second kappa shape index (κ2) is 25.6. The Hall–Kier alpha value is -10.3. The third-order valence-electron chi connectivity index (χ3n) is 17.9. The van der Waals surface area contributed by atoms with Gasteiger partial charge in [0.25, 0.3) is 17.7 Å². The first-order valence-electron chi connectivity index (χ1n) is 30.4. The lowest BCUT2D eigenvalue weighted by atomic mass is 9.98. The van der Waals surface area contributed by atoms with Crippen molar-refractivity contribution in [2.24, 2.45) is 0 Å². The zero-order chi connectivity index (χ0) is 66.5. The number of carbonyl (C=O) groups excluding carboxylic acids is 3. The Morgan fingerprint density at radius 3 is 1.33 bits per heavy atom. The summed E-state index contributed by atoms with van der Waals surface area (Å²) in [7, 11) is 0. The highest BCUT2D eigenvalue weighted by Gasteiger charge is 2.53. The number of oxazole rings is 1. The minimum absolute atomic E-state index is 0.00451. The number of para-hydroxylation sites is 1. The number of hydrogen-bond acceptors (Lipinski definition) is 16. The first-order chi connectivity index (χ1) is 45.5. The maximum atomic E-state index is 13.6. The number of pyridine rings is 4. The topological polar surface area (TPSA) is 228 Å². The number of benzene rings is 2. The number of aromatic nitrogens is 11. The Labute approximate surface area is 534 Å². The summed E-state index contributed by atoms with van der Waals surface area (Å²) >= 11 is 0. The third-order valence-corrected chi connectivity index (χ3v) is 17.9. The van der Waals surface area contributed by atoms with Gasteiger partial charge in [0.1, 0.15) is 30.3 Å². The Morgan fingerprint density at radius 2 is 0.895 bits per heavy atom. The van der Waals surface area contributed by atoms with E-state index in [1.807, 2.05) is 34.9 Å². The van der Waals surface area contributed by atoms with Crippen molar-refractivity contribution in [1.82, 2.24) is 69.6 Å². The van der Waals surface area contributed by atoms with Gasteiger partial charge >= 0.3 is 18.5 Å². The molecule has 9 atom stereocenters. The molecule has 7 aromatic heterocycles. The van der Waals surface area contributed by atoms with E-state index in [2.05, 4.69) is 45.3 Å². The van der Waals surface area contributed by atoms with Gasteiger partial charge in [0.05, 0.1) is 88.2 Å². The van der Waals surface area contributed by atoms with Crippen molar-refractivity contribution in [3.05, 3.63) is 192 Å². The fourth-order valence-electron chi connectivity index (χ4n) is 13.7. The normalized spacial score (nSPS) is 22.5. The molecule has 21 nitrogen and oxygen atoms in total. The van der Waals surface area contributed by atoms with Gasteiger partial charge in [0.2, 0.25) is 23.5 Å². The van der Waals surface area contributed by atoms with Gasteiger partial charge in [-0.05, 0) is 106 Å². The molecular formula is C65H57F9N14O7. The molecule has 2 aromatic carbocycles. The molecule has 6 aliphatic rings. The van der Waals surface area contributed by atoms with Crippen LogP contribution in [0.3, 0.4) is 0 Å². The highest BCUT2D eigenvalue weighted by molar-refractivity contribution is 6.01. The molecule has 0 N–H and O–H groups in total. The van der Waals surface area contributed by atoms with Crippen LogP contribution < -0.4 is 14.2 Å². The summed E-state index contributed by atoms with van der Waals surface area (Å²) in [5.41, 5.74) is 2.08. The smallest absolute Gasteiger partial charge is 0.417 e. The fourth-order valence-corrected chi connectivity index (χ4v) is 13.7. The number of nitrogens with zero attached hydrogens (tertiary/aromatic N) is 14. The second-order valence-electron chi connectivity index (χ2n) is 23.7. The van der Waals surface area contributed by atoms with E-state index in [1.54, 1.807) is 60.6 Å². The number of carbonyl (C=O) groups is 3. The Morgan fingerprint density at radius 1 is 0.463 bits per heavy atom. The number of amides is 3. The predicted molar refractivity (Wildman–Crippen MR) is 316 cm³/mol. The maximum Gasteiger partial charge on any atom is 0.417 e. The molecule has 3 amide bonds. The summed E-state index contributed by atoms with van der Waals surface area (Å²) in [4.78, 5) is 68.9. The van der Waals surface area contributed by atoms with Crippen molar-refractivity contribution in [3.8, 4) is 40.5 Å². The molecule has 6 saturated heterocycles. The molecule has 30 heteroatoms. The van der Waals surface area contributed by atoms with Gasteiger partial charge in [-0.15, -0.1) is 4.80 Å². The van der Waals surface area contributed by atoms with Crippen LogP contribution in [0, 0.1) is 13.8 Å². The molecule has 9 unspecified atom stereocenters. The van der Waals surface area contributed by atoms with Gasteiger partial charge in [-0.2, -0.15) is 64.7 Å². The molecule has 0 spiro atoms. The van der Waals surface area contributed by atoms with Crippen molar-refractivity contribution in [2.45, 2.75) is 145 Å². The van der Waals surface area contributed by atoms with E-state index in [9.17, 15) is 53.9 Å². The van der Waals surface area contributed by atoms with Gasteiger partial charge < -0.3 is 33.3 Å². The van der Waals surface area contributed by atoms with Gasteiger partial charge in [0.15, 0.2) is 5.69 Å². The van der Waals surface area contributed by atoms with E-state index < -0.39 is 35.2 Å². The van der Waals surface area contributed by atoms with Crippen molar-refractivity contribution in [3.63, 3.8) is 0 Å². The number of ether oxygens (including phenoxy) is 3. The largest absolute Gasteiger partial charge is 0.472 e. The zero-order valence-corrected chi connectivity index (χ0v) is 50.4. The summed E-state index contributed by atoms with van der Waals surface area (Å²) in [5, 5.41) is 16.5. The van der Waals surface area contributed by atoms with E-state index in [0.29, 0.717) is 58.9 Å². The number of alkyl halides is 9. The molecule has 9 aromatic rings. The molecular weight excluding hydrogens is 1260 g/mol. The van der Waals surface area contributed by atoms with Crippen LogP contribution in [0.4, 0.5) is 39.5 Å². The van der Waals surface area contributed by atoms with Crippen molar-refractivity contribution in [1.29, 1.82) is 0 Å². The lowest BCUT2D eigenvalue weighted by molar-refractivity contribution is -0.138. The summed E-state index contributed by atoms with van der Waals surface area (Å²) in [5.74, 6) is 0.253. The molecule has 6 bridgehead atoms. The standard InChI is InChI=1S/C23H20F3N3O3.C21H19F3N6O2.C21H18F3N5O2/c1-13-3-2-4-16(20(13)21-27-9-10-31-21)22(30)29-15-6-7-17(29)18(11-15)32-19-8-5-14(12-28-19)23(24,25)26;1-12-2-5-16(30-26-8-9-27-30)19(28-12)20(31)29-14-4-6-15(29)17(10-14)32-18-7-3-13(11-25-18)21(22,23)24;22-21(23,24)13-5-8-19(25-12-13)31-18-11-14-6-7-17(18)28(14)20(30)15-3-1-2-4-16(15)29-26-9-10-27-29/h2-5,8-10,12,15,17-18H,6-7,11H2,1H3;2-3,5,7-9,11,14-15,17H,4,6,10H2,1H3;1-5,8-10,12,14,17-18H,6-7,11H2. The van der Waals surface area contributed by atoms with Crippen molar-refractivity contribution < 1.29 is 72.5 Å². The van der Waals surface area contributed by atoms with Crippen LogP contribution in [-0.2, 0) is 18.5 Å². The summed E-state index contributed by atoms with van der Waals surface area (Å²) in [6, 6.07) is 22.1. The quantitative estimate of drug-likeness (QED) is 0.104. The lowest BCUT2D eigenvalue weighted by Gasteiger charge is -2.25. The highest BCUT2D eigenvalue weighted by atomic mass is 19.4. The summed E-state index contributed by atoms with van der Waals surface area (Å²) in [6.07, 6.45) is 3.71. The first-order valence-corrected chi connectivity index (χ1v) is 30.4. The number of aryl methyl sites for hydroxylation is 2. The highest BCUT2D eigenvalue weighted by Crippen LogP contribution is 2.45. The van der Waals surface area contributed by atoms with Crippen LogP contribution in [0.25, 0.3) is 22.8 Å². The summed E-state index contributed by atoms with van der Waals surface area (Å²) < 4.78 is 138. The SMILES string of the molecule is Cc1ccc(-n2nccn2)c(C(=O)N2C3CCC2C(Oc2ccc(C(F)(F)F)cn2)C3)n1.Cc1cccc(C(=O)N2C3CCC2C(Oc2ccc(C(F)(F)F)cn2)C3)c1-c1ncco1.O=C(c1ccccc1-n1nccn1)N1C2CCC1C(Oc1ccc(C(F)(F)F)cn1)C2. The summed E-state index contributed by atoms with van der Waals surface area (Å²) in [6.45, 7) is 3.70. The second-order valence-corrected chi connectivity index (χ2v) is 23.7. The fraction of sp³-hybridized carbons (Fsp3) is 0.354. The van der Waals surface area contributed by atoms with Crippen molar-refractivity contribution >= 4 is 17.7 Å². The molecule has 0 saturated carbocycles. The van der Waals surface area contributed by atoms with Gasteiger partial charge in [-0.1, -0.05) is 24.3 Å². The van der Waals surface area contributed by atoms with Gasteiger partial charge in [0, 0.05) is 79.9 Å². The van der Waals surface area contributed by atoms with Crippen LogP contribution in [0.2, 0.25) is 0 Å². The van der Waals surface area contributed by atoms with E-state index in [1.165, 1.54) is 52.6 Å². The minimum atomic E-state index is -4.46. The Balaban J connectivity index is 0.000000129. The zero-order valence-electron chi connectivity index (χ0n) is 50.4. The van der Waals surface area contributed by atoms with Crippen LogP contribution in [-0.4, -0.2) is 142 Å². The Kier molecular flexibility index (Phi) is 17.1. The van der Waals surface area contributed by atoms with Crippen LogP contribution in [0.15, 0.2) is 151 Å². The van der Waals surface area contributed by atoms with E-state index in [-0.39, 0.29) is 95.6 Å². The molecule has 13 heterocycles. The molecule has 95 heavy (non-hydrogen) atoms. The van der Waals surface area contributed by atoms with E-state index in [0.717, 1.165) is 80.9 Å². The molecule has 6 aliphatic heterocycles. The first kappa shape index (κ1) is 63.5. The van der Waals surface area contributed by atoms with Gasteiger partial charge in [-0.25, -0.2) is 24.9 Å². The number of hydrogen-bond donors (Lipinski definition) is 0. The number of fused-ring (bicyclic) bond motifs is 6. The number of rotatable bonds is 12.